The number of para-hydroxylation sites is 1. The monoisotopic (exact) mass is 409 g/mol. The Labute approximate surface area is 180 Å². The first-order valence-corrected chi connectivity index (χ1v) is 10.5. The van der Waals surface area contributed by atoms with E-state index in [1.54, 1.807) is 0 Å². The van der Waals surface area contributed by atoms with E-state index in [2.05, 4.69) is 36.1 Å². The lowest BCUT2D eigenvalue weighted by atomic mass is 9.59. The average Bonchev–Trinajstić information content (AvgIpc) is 3.20. The van der Waals surface area contributed by atoms with Gasteiger partial charge in [0.25, 0.3) is 0 Å². The van der Waals surface area contributed by atoms with Crippen LogP contribution in [0.2, 0.25) is 0 Å². The van der Waals surface area contributed by atoms with Crippen LogP contribution in [0.1, 0.15) is 48.6 Å². The number of hydrogen-bond acceptors (Lipinski definition) is 4. The molecule has 0 bridgehead atoms. The molecule has 0 amide bonds. The number of nitrogens with two attached hydrogens (primary N) is 2. The Balaban J connectivity index is 0.000000205. The maximum atomic E-state index is 13.2. The molecule has 2 aliphatic rings. The van der Waals surface area contributed by atoms with E-state index in [0.717, 1.165) is 34.4 Å². The normalized spacial score (nSPS) is 15.4. The molecule has 6 heteroatoms. The molecule has 4 rings (SSSR count). The molecule has 0 saturated carbocycles. The highest BCUT2D eigenvalue weighted by atomic mass is 19.1. The van der Waals surface area contributed by atoms with Crippen LogP contribution in [0.25, 0.3) is 5.57 Å². The Morgan fingerprint density at radius 1 is 1.27 bits per heavy atom. The summed E-state index contributed by atoms with van der Waals surface area (Å²) in [4.78, 5) is 0. The first-order chi connectivity index (χ1) is 14.4. The number of rotatable bonds is 3. The number of nitrogens with one attached hydrogen (secondary N) is 1. The molecule has 160 valence electrons. The maximum Gasteiger partial charge on any atom is 0.408 e. The Bertz CT molecular complexity index is 914. The molecule has 0 aliphatic carbocycles. The topological polar surface area (TPSA) is 73.3 Å². The van der Waals surface area contributed by atoms with E-state index in [1.165, 1.54) is 11.6 Å². The van der Waals surface area contributed by atoms with Gasteiger partial charge >= 0.3 is 6.92 Å². The van der Waals surface area contributed by atoms with Crippen LogP contribution >= 0.6 is 0 Å². The second-order valence-corrected chi connectivity index (χ2v) is 7.29. The summed E-state index contributed by atoms with van der Waals surface area (Å²) in [5.74, 6) is 3.25. The largest absolute Gasteiger partial charge is 0.554 e. The summed E-state index contributed by atoms with van der Waals surface area (Å²) in [5.41, 5.74) is 16.5. The molecule has 2 heterocycles. The average molecular weight is 409 g/mol. The fourth-order valence-corrected chi connectivity index (χ4v) is 3.65. The van der Waals surface area contributed by atoms with Gasteiger partial charge in [-0.25, -0.2) is 4.39 Å². The van der Waals surface area contributed by atoms with E-state index in [-0.39, 0.29) is 19.3 Å². The number of benzene rings is 2. The van der Waals surface area contributed by atoms with Crippen LogP contribution < -0.4 is 21.4 Å². The molecule has 0 fully saturated rings. The lowest BCUT2D eigenvalue weighted by Gasteiger charge is -2.28. The quantitative estimate of drug-likeness (QED) is 0.662. The van der Waals surface area contributed by atoms with Gasteiger partial charge < -0.3 is 21.4 Å². The van der Waals surface area contributed by atoms with E-state index < -0.39 is 0 Å². The second-order valence-electron chi connectivity index (χ2n) is 7.29. The van der Waals surface area contributed by atoms with Gasteiger partial charge in [0, 0.05) is 24.2 Å². The second kappa shape index (κ2) is 11.0. The lowest BCUT2D eigenvalue weighted by molar-refractivity contribution is 0.512. The fourth-order valence-electron chi connectivity index (χ4n) is 3.65. The lowest BCUT2D eigenvalue weighted by Crippen LogP contribution is -2.44. The minimum absolute atomic E-state index is 0.174. The van der Waals surface area contributed by atoms with Crippen molar-refractivity contribution in [2.75, 3.05) is 0 Å². The zero-order valence-electron chi connectivity index (χ0n) is 18.5. The molecular weight excluding hydrogens is 376 g/mol. The third-order valence-corrected chi connectivity index (χ3v) is 5.10. The summed E-state index contributed by atoms with van der Waals surface area (Å²) < 4.78 is 19.2. The molecule has 2 aliphatic heterocycles. The van der Waals surface area contributed by atoms with Crippen molar-refractivity contribution in [3.8, 4) is 5.75 Å². The zero-order valence-corrected chi connectivity index (χ0v) is 18.5. The van der Waals surface area contributed by atoms with Crippen molar-refractivity contribution in [1.82, 2.24) is 5.32 Å². The van der Waals surface area contributed by atoms with Crippen molar-refractivity contribution in [1.29, 1.82) is 0 Å². The molecule has 30 heavy (non-hydrogen) atoms. The summed E-state index contributed by atoms with van der Waals surface area (Å²) in [6, 6.07) is 9.63. The van der Waals surface area contributed by atoms with Gasteiger partial charge in [-0.05, 0) is 54.8 Å². The first kappa shape index (κ1) is 23.7. The van der Waals surface area contributed by atoms with Crippen LogP contribution in [0.3, 0.4) is 0 Å². The maximum absolute atomic E-state index is 13.2. The Morgan fingerprint density at radius 3 is 2.63 bits per heavy atom. The molecule has 5 N–H and O–H groups in total. The molecular formula is C24H33BFN3O. The van der Waals surface area contributed by atoms with Gasteiger partial charge in [0.1, 0.15) is 11.6 Å². The summed E-state index contributed by atoms with van der Waals surface area (Å²) in [7, 11) is 0. The van der Waals surface area contributed by atoms with Gasteiger partial charge in [0.05, 0.1) is 5.94 Å². The van der Waals surface area contributed by atoms with Crippen molar-refractivity contribution in [3.63, 3.8) is 0 Å². The number of hydrogen-bond donors (Lipinski definition) is 3. The van der Waals surface area contributed by atoms with Gasteiger partial charge in [0.2, 0.25) is 0 Å². The predicted molar refractivity (Wildman–Crippen MR) is 126 cm³/mol. The van der Waals surface area contributed by atoms with Crippen LogP contribution in [0.15, 0.2) is 49.1 Å². The molecule has 0 spiro atoms. The molecule has 1 unspecified atom stereocenters. The summed E-state index contributed by atoms with van der Waals surface area (Å²) in [6.07, 6.45) is 3.01. The van der Waals surface area contributed by atoms with Crippen molar-refractivity contribution in [2.45, 2.75) is 53.1 Å². The Kier molecular flexibility index (Phi) is 8.69. The first-order valence-electron chi connectivity index (χ1n) is 10.5. The minimum atomic E-state index is -0.252. The zero-order chi connectivity index (χ0) is 22.3. The van der Waals surface area contributed by atoms with Gasteiger partial charge in [0.15, 0.2) is 0 Å². The highest BCUT2D eigenvalue weighted by molar-refractivity contribution is 6.61. The van der Waals surface area contributed by atoms with E-state index in [4.69, 9.17) is 16.1 Å². The summed E-state index contributed by atoms with van der Waals surface area (Å²) in [5, 5.41) is 3.32. The molecule has 1 atom stereocenters. The highest BCUT2D eigenvalue weighted by Gasteiger charge is 2.36. The fraction of sp³-hybridized carbons (Fsp3) is 0.333. The van der Waals surface area contributed by atoms with Crippen molar-refractivity contribution >= 4 is 12.5 Å². The van der Waals surface area contributed by atoms with Crippen LogP contribution in [-0.4, -0.2) is 12.9 Å². The molecule has 4 nitrogen and oxygen atoms in total. The molecule has 0 aromatic heterocycles. The van der Waals surface area contributed by atoms with Gasteiger partial charge in [-0.1, -0.05) is 50.7 Å². The van der Waals surface area contributed by atoms with E-state index in [1.807, 2.05) is 40.0 Å². The van der Waals surface area contributed by atoms with E-state index in [0.29, 0.717) is 18.0 Å². The molecule has 2 aromatic carbocycles. The Morgan fingerprint density at radius 2 is 2.00 bits per heavy atom. The van der Waals surface area contributed by atoms with Crippen molar-refractivity contribution in [3.05, 3.63) is 82.7 Å². The molecule has 0 saturated heterocycles. The standard InChI is InChI=1S/C13H14BNO.C9H13FN2.C2H6/c1-9(2)11-5-3-4-10-8-12-14(6-7-15-12)16-13(10)11;1-6-2-7(4-11)8(5-12)9(10)3-6;1-2/h3-7,12,15H,1,8H2,2H3;2-3H,4-5,11-12H2,1H3;1-2H3. The van der Waals surface area contributed by atoms with Crippen molar-refractivity contribution in [2.24, 2.45) is 11.5 Å². The number of aryl methyl sites for hydroxylation is 1. The summed E-state index contributed by atoms with van der Waals surface area (Å²) >= 11 is 0. The number of halogens is 1. The SMILES string of the molecule is C=C(C)c1cccc2c1OB1C=CNC1C2.CC.Cc1cc(F)c(CN)c(CN)c1. The molecule has 2 aromatic rings. The van der Waals surface area contributed by atoms with Crippen LogP contribution in [-0.2, 0) is 19.5 Å². The van der Waals surface area contributed by atoms with Crippen LogP contribution in [0, 0.1) is 12.7 Å². The third kappa shape index (κ3) is 5.32. The van der Waals surface area contributed by atoms with E-state index >= 15 is 0 Å². The van der Waals surface area contributed by atoms with Crippen LogP contribution in [0.4, 0.5) is 4.39 Å². The third-order valence-electron chi connectivity index (χ3n) is 5.10. The Hall–Kier alpha value is -2.57. The van der Waals surface area contributed by atoms with Gasteiger partial charge in [-0.15, -0.1) is 0 Å². The van der Waals surface area contributed by atoms with Crippen LogP contribution in [0.5, 0.6) is 5.75 Å². The number of fused-ring (bicyclic) bond motifs is 2. The van der Waals surface area contributed by atoms with E-state index in [9.17, 15) is 4.39 Å². The van der Waals surface area contributed by atoms with Gasteiger partial charge in [-0.3, -0.25) is 0 Å². The minimum Gasteiger partial charge on any atom is -0.554 e. The highest BCUT2D eigenvalue weighted by Crippen LogP contribution is 2.34. The predicted octanol–water partition coefficient (Wildman–Crippen LogP) is 4.29. The van der Waals surface area contributed by atoms with Gasteiger partial charge in [-0.2, -0.15) is 0 Å². The molecule has 0 radical (unpaired) electrons. The smallest absolute Gasteiger partial charge is 0.408 e. The summed E-state index contributed by atoms with van der Waals surface area (Å²) in [6.45, 7) is 12.6. The number of allylic oxidation sites excluding steroid dienone is 1. The van der Waals surface area contributed by atoms with Crippen molar-refractivity contribution < 1.29 is 9.04 Å².